The van der Waals surface area contributed by atoms with E-state index in [1.165, 1.54) is 35.1 Å². The molecule has 1 fully saturated rings. The van der Waals surface area contributed by atoms with Gasteiger partial charge in [-0.05, 0) is 50.5 Å². The molecular weight excluding hydrogens is 282 g/mol. The maximum Gasteiger partial charge on any atom is 0.141 e. The van der Waals surface area contributed by atoms with Gasteiger partial charge < -0.3 is 10.0 Å². The Balaban J connectivity index is 1.83. The minimum Gasteiger partial charge on any atom is -0.396 e. The number of hydrogen-bond acceptors (Lipinski definition) is 5. The van der Waals surface area contributed by atoms with Crippen LogP contribution in [0.1, 0.15) is 35.5 Å². The van der Waals surface area contributed by atoms with Gasteiger partial charge >= 0.3 is 0 Å². The molecule has 1 aliphatic carbocycles. The van der Waals surface area contributed by atoms with Gasteiger partial charge in [-0.1, -0.05) is 0 Å². The Morgan fingerprint density at radius 1 is 1.29 bits per heavy atom. The summed E-state index contributed by atoms with van der Waals surface area (Å²) in [4.78, 5) is 14.5. The summed E-state index contributed by atoms with van der Waals surface area (Å²) in [7, 11) is 0. The lowest BCUT2D eigenvalue weighted by atomic mass is 9.98. The van der Waals surface area contributed by atoms with E-state index in [0.717, 1.165) is 42.4 Å². The largest absolute Gasteiger partial charge is 0.396 e. The first-order valence-corrected chi connectivity index (χ1v) is 8.72. The van der Waals surface area contributed by atoms with Crippen molar-refractivity contribution in [2.45, 2.75) is 39.0 Å². The molecule has 0 aromatic carbocycles. The van der Waals surface area contributed by atoms with Crippen molar-refractivity contribution >= 4 is 27.4 Å². The molecule has 0 saturated carbocycles. The third-order valence-corrected chi connectivity index (χ3v) is 5.92. The van der Waals surface area contributed by atoms with E-state index in [0.29, 0.717) is 5.92 Å². The maximum absolute atomic E-state index is 9.48. The van der Waals surface area contributed by atoms with Crippen LogP contribution in [0.2, 0.25) is 0 Å². The number of aliphatic hydroxyl groups excluding tert-OH is 1. The van der Waals surface area contributed by atoms with E-state index in [9.17, 15) is 5.11 Å². The second kappa shape index (κ2) is 5.21. The summed E-state index contributed by atoms with van der Waals surface area (Å²) in [5.74, 6) is 2.37. The van der Waals surface area contributed by atoms with Crippen molar-refractivity contribution in [2.24, 2.45) is 5.92 Å². The monoisotopic (exact) mass is 303 g/mol. The number of anilines is 1. The smallest absolute Gasteiger partial charge is 0.141 e. The number of nitrogens with zero attached hydrogens (tertiary/aromatic N) is 3. The Morgan fingerprint density at radius 3 is 3.05 bits per heavy atom. The SMILES string of the molecule is Cc1nc(N2CCC[C@@H](CO)C2)c2c3c(sc2n1)CCC3. The molecule has 4 nitrogen and oxygen atoms in total. The standard InChI is InChI=1S/C16H21N3OS/c1-10-17-15(19-7-3-4-11(8-19)9-20)14-12-5-2-6-13(12)21-16(14)18-10/h11,20H,2-9H2,1H3/t11-/m1/s1. The molecule has 21 heavy (non-hydrogen) atoms. The highest BCUT2D eigenvalue weighted by Crippen LogP contribution is 2.41. The summed E-state index contributed by atoms with van der Waals surface area (Å²) < 4.78 is 0. The van der Waals surface area contributed by atoms with Gasteiger partial charge in [0.2, 0.25) is 0 Å². The maximum atomic E-state index is 9.48. The lowest BCUT2D eigenvalue weighted by Crippen LogP contribution is -2.37. The molecule has 1 atom stereocenters. The van der Waals surface area contributed by atoms with Crippen LogP contribution in [0.15, 0.2) is 0 Å². The van der Waals surface area contributed by atoms with E-state index in [2.05, 4.69) is 9.88 Å². The van der Waals surface area contributed by atoms with Gasteiger partial charge in [0.15, 0.2) is 0 Å². The molecule has 1 saturated heterocycles. The zero-order valence-corrected chi connectivity index (χ0v) is 13.2. The van der Waals surface area contributed by atoms with Crippen molar-refractivity contribution in [2.75, 3.05) is 24.6 Å². The van der Waals surface area contributed by atoms with E-state index in [1.54, 1.807) is 0 Å². The molecular formula is C16H21N3OS. The van der Waals surface area contributed by atoms with E-state index < -0.39 is 0 Å². The van der Waals surface area contributed by atoms with E-state index in [4.69, 9.17) is 4.98 Å². The van der Waals surface area contributed by atoms with Gasteiger partial charge in [-0.25, -0.2) is 9.97 Å². The van der Waals surface area contributed by atoms with Crippen LogP contribution in [-0.4, -0.2) is 34.8 Å². The molecule has 2 aromatic rings. The highest BCUT2D eigenvalue weighted by atomic mass is 32.1. The Hall–Kier alpha value is -1.20. The van der Waals surface area contributed by atoms with Crippen molar-refractivity contribution in [1.82, 2.24) is 9.97 Å². The van der Waals surface area contributed by atoms with Crippen LogP contribution in [0, 0.1) is 12.8 Å². The number of aromatic nitrogens is 2. The second-order valence-corrected chi connectivity index (χ2v) is 7.35. The molecule has 4 rings (SSSR count). The minimum atomic E-state index is 0.283. The molecule has 0 bridgehead atoms. The van der Waals surface area contributed by atoms with Crippen molar-refractivity contribution in [3.63, 3.8) is 0 Å². The average molecular weight is 303 g/mol. The van der Waals surface area contributed by atoms with Crippen LogP contribution < -0.4 is 4.90 Å². The Labute approximate surface area is 128 Å². The molecule has 2 aliphatic rings. The predicted octanol–water partition coefficient (Wildman–Crippen LogP) is 2.70. The number of thiophene rings is 1. The van der Waals surface area contributed by atoms with E-state index in [-0.39, 0.29) is 6.61 Å². The molecule has 1 aliphatic heterocycles. The Kier molecular flexibility index (Phi) is 3.34. The molecule has 112 valence electrons. The van der Waals surface area contributed by atoms with Crippen LogP contribution in [0.5, 0.6) is 0 Å². The van der Waals surface area contributed by atoms with Crippen molar-refractivity contribution in [1.29, 1.82) is 0 Å². The first-order chi connectivity index (χ1) is 10.3. The second-order valence-electron chi connectivity index (χ2n) is 6.27. The molecule has 5 heteroatoms. The van der Waals surface area contributed by atoms with E-state index in [1.807, 2.05) is 18.3 Å². The minimum absolute atomic E-state index is 0.283. The van der Waals surface area contributed by atoms with Crippen LogP contribution in [0.3, 0.4) is 0 Å². The third-order valence-electron chi connectivity index (χ3n) is 4.73. The molecule has 0 spiro atoms. The quantitative estimate of drug-likeness (QED) is 0.927. The summed E-state index contributed by atoms with van der Waals surface area (Å²) in [6.45, 7) is 4.24. The first kappa shape index (κ1) is 13.5. The number of rotatable bonds is 2. The zero-order valence-electron chi connectivity index (χ0n) is 12.4. The molecule has 1 N–H and O–H groups in total. The third kappa shape index (κ3) is 2.23. The van der Waals surface area contributed by atoms with Crippen molar-refractivity contribution < 1.29 is 5.11 Å². The topological polar surface area (TPSA) is 49.2 Å². The highest BCUT2D eigenvalue weighted by Gasteiger charge is 2.27. The fourth-order valence-corrected chi connectivity index (χ4v) is 5.02. The molecule has 3 heterocycles. The zero-order chi connectivity index (χ0) is 14.4. The lowest BCUT2D eigenvalue weighted by molar-refractivity contribution is 0.208. The molecule has 0 unspecified atom stereocenters. The number of piperidine rings is 1. The summed E-state index contributed by atoms with van der Waals surface area (Å²) >= 11 is 1.86. The van der Waals surface area contributed by atoms with Crippen LogP contribution in [-0.2, 0) is 12.8 Å². The number of aryl methyl sites for hydroxylation is 3. The lowest BCUT2D eigenvalue weighted by Gasteiger charge is -2.33. The normalized spacial score (nSPS) is 22.0. The molecule has 0 radical (unpaired) electrons. The van der Waals surface area contributed by atoms with Gasteiger partial charge in [-0.15, -0.1) is 11.3 Å². The summed E-state index contributed by atoms with van der Waals surface area (Å²) in [6, 6.07) is 0. The molecule has 2 aromatic heterocycles. The van der Waals surface area contributed by atoms with Crippen LogP contribution >= 0.6 is 11.3 Å². The van der Waals surface area contributed by atoms with E-state index >= 15 is 0 Å². The molecule has 0 amide bonds. The van der Waals surface area contributed by atoms with Crippen molar-refractivity contribution in [3.05, 3.63) is 16.3 Å². The number of hydrogen-bond donors (Lipinski definition) is 1. The summed E-state index contributed by atoms with van der Waals surface area (Å²) in [6.07, 6.45) is 5.91. The van der Waals surface area contributed by atoms with Gasteiger partial charge in [0, 0.05) is 24.6 Å². The average Bonchev–Trinajstić information content (AvgIpc) is 3.06. The van der Waals surface area contributed by atoms with Crippen LogP contribution in [0.25, 0.3) is 10.2 Å². The summed E-state index contributed by atoms with van der Waals surface area (Å²) in [5.41, 5.74) is 1.50. The fourth-order valence-electron chi connectivity index (χ4n) is 3.72. The number of aliphatic hydroxyl groups is 1. The Bertz CT molecular complexity index is 682. The summed E-state index contributed by atoms with van der Waals surface area (Å²) in [5, 5.41) is 10.8. The number of fused-ring (bicyclic) bond motifs is 3. The van der Waals surface area contributed by atoms with Gasteiger partial charge in [0.1, 0.15) is 16.5 Å². The van der Waals surface area contributed by atoms with Gasteiger partial charge in [-0.3, -0.25) is 0 Å². The van der Waals surface area contributed by atoms with Crippen molar-refractivity contribution in [3.8, 4) is 0 Å². The van der Waals surface area contributed by atoms with Crippen LogP contribution in [0.4, 0.5) is 5.82 Å². The first-order valence-electron chi connectivity index (χ1n) is 7.91. The van der Waals surface area contributed by atoms with Gasteiger partial charge in [0.05, 0.1) is 5.39 Å². The van der Waals surface area contributed by atoms with Gasteiger partial charge in [-0.2, -0.15) is 0 Å². The fraction of sp³-hybridized carbons (Fsp3) is 0.625. The Morgan fingerprint density at radius 2 is 2.19 bits per heavy atom. The van der Waals surface area contributed by atoms with Gasteiger partial charge in [0.25, 0.3) is 0 Å². The predicted molar refractivity (Wildman–Crippen MR) is 86.2 cm³/mol. The highest BCUT2D eigenvalue weighted by molar-refractivity contribution is 7.19.